The van der Waals surface area contributed by atoms with Crippen LogP contribution in [0.5, 0.6) is 0 Å². The molecule has 2 aromatic carbocycles. The number of hydrogen-bond acceptors (Lipinski definition) is 8. The van der Waals surface area contributed by atoms with Gasteiger partial charge in [0.15, 0.2) is 0 Å². The molecule has 0 bridgehead atoms. The molecule has 39 heavy (non-hydrogen) atoms. The summed E-state index contributed by atoms with van der Waals surface area (Å²) in [5, 5.41) is 3.48. The van der Waals surface area contributed by atoms with Crippen LogP contribution in [-0.4, -0.2) is 68.6 Å². The van der Waals surface area contributed by atoms with Crippen molar-refractivity contribution in [1.82, 2.24) is 9.21 Å². The molecule has 0 fully saturated rings. The third-order valence-corrected chi connectivity index (χ3v) is 9.77. The van der Waals surface area contributed by atoms with Gasteiger partial charge in [-0.1, -0.05) is 34.9 Å². The lowest BCUT2D eigenvalue weighted by molar-refractivity contribution is 0.0660. The summed E-state index contributed by atoms with van der Waals surface area (Å²) in [6, 6.07) is 12.8. The molecule has 14 heteroatoms. The van der Waals surface area contributed by atoms with Crippen molar-refractivity contribution in [1.29, 1.82) is 0 Å². The van der Waals surface area contributed by atoms with E-state index >= 15 is 0 Å². The number of imide groups is 1. The first-order chi connectivity index (χ1) is 18.6. The van der Waals surface area contributed by atoms with Gasteiger partial charge in [0, 0.05) is 24.5 Å². The van der Waals surface area contributed by atoms with Gasteiger partial charge in [0.2, 0.25) is 10.0 Å². The van der Waals surface area contributed by atoms with Gasteiger partial charge in [-0.15, -0.1) is 0 Å². The predicted molar refractivity (Wildman–Crippen MR) is 145 cm³/mol. The molecule has 2 amide bonds. The highest BCUT2D eigenvalue weighted by Crippen LogP contribution is 2.49. The molecule has 210 valence electrons. The second-order valence-electron chi connectivity index (χ2n) is 8.82. The zero-order valence-electron chi connectivity index (χ0n) is 21.9. The Morgan fingerprint density at radius 3 is 2.18 bits per heavy atom. The molecular formula is C25H32N5O7PS. The van der Waals surface area contributed by atoms with Gasteiger partial charge >= 0.3 is 7.60 Å². The van der Waals surface area contributed by atoms with Crippen LogP contribution in [0.3, 0.4) is 0 Å². The summed E-state index contributed by atoms with van der Waals surface area (Å²) < 4.78 is 52.3. The molecule has 0 spiro atoms. The monoisotopic (exact) mass is 577 g/mol. The maximum absolute atomic E-state index is 13.4. The van der Waals surface area contributed by atoms with Crippen molar-refractivity contribution in [2.45, 2.75) is 38.0 Å². The fraction of sp³-hybridized carbons (Fsp3) is 0.440. The van der Waals surface area contributed by atoms with Crippen molar-refractivity contribution >= 4 is 29.4 Å². The fourth-order valence-corrected chi connectivity index (χ4v) is 7.19. The van der Waals surface area contributed by atoms with Crippen LogP contribution in [0.15, 0.2) is 58.5 Å². The van der Waals surface area contributed by atoms with Gasteiger partial charge in [0.05, 0.1) is 29.2 Å². The zero-order chi connectivity index (χ0) is 28.5. The first kappa shape index (κ1) is 30.5. The maximum atomic E-state index is 13.4. The molecule has 1 aliphatic rings. The largest absolute Gasteiger partial charge is 0.350 e. The number of rotatable bonds is 16. The standard InChI is InChI=1S/C25H32N5O7PS/c1-3-36-38(33,19-30-24(31)22-9-4-5-10-23(22)25(30)32)37-18-8-17-29(16-7-6-15-27-28-26)39(34,35)21-13-11-20(2)12-14-21/h4-5,9-14H,3,6-8,15-19H2,1-2H3. The van der Waals surface area contributed by atoms with E-state index in [-0.39, 0.29) is 55.3 Å². The molecule has 2 aromatic rings. The molecule has 1 heterocycles. The topological polar surface area (TPSA) is 159 Å². The van der Waals surface area contributed by atoms with Crippen LogP contribution in [0.1, 0.15) is 52.5 Å². The van der Waals surface area contributed by atoms with Gasteiger partial charge in [-0.25, -0.2) is 8.42 Å². The number of sulfonamides is 1. The number of carbonyl (C=O) groups is 2. The lowest BCUT2D eigenvalue weighted by atomic mass is 10.1. The Morgan fingerprint density at radius 1 is 0.974 bits per heavy atom. The highest BCUT2D eigenvalue weighted by molar-refractivity contribution is 7.89. The molecule has 12 nitrogen and oxygen atoms in total. The second-order valence-corrected chi connectivity index (χ2v) is 12.8. The summed E-state index contributed by atoms with van der Waals surface area (Å²) >= 11 is 0. The SMILES string of the molecule is CCOP(=O)(CN1C(=O)c2ccccc2C1=O)OCCCN(CCCCN=[N+]=[N-])S(=O)(=O)c1ccc(C)cc1. The van der Waals surface area contributed by atoms with Crippen molar-refractivity contribution in [3.05, 3.63) is 75.7 Å². The number of aryl methyl sites for hydroxylation is 1. The molecule has 1 aliphatic heterocycles. The van der Waals surface area contributed by atoms with Crippen LogP contribution in [-0.2, 0) is 23.6 Å². The Kier molecular flexibility index (Phi) is 10.8. The summed E-state index contributed by atoms with van der Waals surface area (Å²) in [5.74, 6) is -1.15. The highest BCUT2D eigenvalue weighted by Gasteiger charge is 2.40. The molecule has 1 atom stereocenters. The maximum Gasteiger partial charge on any atom is 0.350 e. The van der Waals surface area contributed by atoms with Crippen LogP contribution in [0.2, 0.25) is 0 Å². The first-order valence-electron chi connectivity index (χ1n) is 12.5. The second kappa shape index (κ2) is 13.8. The summed E-state index contributed by atoms with van der Waals surface area (Å²) in [7, 11) is -7.72. The Morgan fingerprint density at radius 2 is 1.59 bits per heavy atom. The molecule has 1 unspecified atom stereocenters. The number of fused-ring (bicyclic) bond motifs is 1. The molecule has 0 N–H and O–H groups in total. The number of amides is 2. The van der Waals surface area contributed by atoms with Gasteiger partial charge in [-0.05, 0) is 62.9 Å². The van der Waals surface area contributed by atoms with E-state index in [1.165, 1.54) is 16.4 Å². The smallest absolute Gasteiger partial charge is 0.308 e. The molecular weight excluding hydrogens is 545 g/mol. The lowest BCUT2D eigenvalue weighted by Crippen LogP contribution is -2.34. The van der Waals surface area contributed by atoms with E-state index in [2.05, 4.69) is 10.0 Å². The van der Waals surface area contributed by atoms with Gasteiger partial charge in [-0.3, -0.25) is 19.1 Å². The van der Waals surface area contributed by atoms with E-state index in [1.807, 2.05) is 6.92 Å². The van der Waals surface area contributed by atoms with Crippen molar-refractivity contribution in [3.63, 3.8) is 0 Å². The van der Waals surface area contributed by atoms with E-state index < -0.39 is 35.7 Å². The minimum Gasteiger partial charge on any atom is -0.308 e. The lowest BCUT2D eigenvalue weighted by Gasteiger charge is -2.24. The fourth-order valence-electron chi connectivity index (χ4n) is 4.03. The molecule has 3 rings (SSSR count). The Labute approximate surface area is 228 Å². The third-order valence-electron chi connectivity index (χ3n) is 6.00. The molecule has 0 saturated carbocycles. The number of azide groups is 1. The molecule has 0 saturated heterocycles. The van der Waals surface area contributed by atoms with Crippen molar-refractivity contribution in [2.75, 3.05) is 39.1 Å². The number of nitrogens with zero attached hydrogens (tertiary/aromatic N) is 5. The number of carbonyl (C=O) groups excluding carboxylic acids is 2. The summed E-state index contributed by atoms with van der Waals surface area (Å²) in [6.45, 7) is 3.89. The average molecular weight is 578 g/mol. The van der Waals surface area contributed by atoms with E-state index in [1.54, 1.807) is 43.3 Å². The van der Waals surface area contributed by atoms with Crippen LogP contribution in [0.25, 0.3) is 10.4 Å². The molecule has 0 aliphatic carbocycles. The normalized spacial score (nSPS) is 14.8. The number of unbranched alkanes of at least 4 members (excludes halogenated alkanes) is 1. The Bertz CT molecular complexity index is 1340. The summed E-state index contributed by atoms with van der Waals surface area (Å²) in [4.78, 5) is 29.1. The van der Waals surface area contributed by atoms with E-state index in [0.717, 1.165) is 10.5 Å². The highest BCUT2D eigenvalue weighted by atomic mass is 32.2. The minimum absolute atomic E-state index is 0.0273. The third kappa shape index (κ3) is 7.76. The van der Waals surface area contributed by atoms with E-state index in [0.29, 0.717) is 12.8 Å². The van der Waals surface area contributed by atoms with Gasteiger partial charge in [0.25, 0.3) is 11.8 Å². The van der Waals surface area contributed by atoms with Gasteiger partial charge < -0.3 is 9.05 Å². The predicted octanol–water partition coefficient (Wildman–Crippen LogP) is 4.97. The zero-order valence-corrected chi connectivity index (χ0v) is 23.6. The van der Waals surface area contributed by atoms with Crippen molar-refractivity contribution in [3.8, 4) is 0 Å². The van der Waals surface area contributed by atoms with Crippen LogP contribution in [0.4, 0.5) is 0 Å². The van der Waals surface area contributed by atoms with Gasteiger partial charge in [-0.2, -0.15) is 4.31 Å². The quantitative estimate of drug-likeness (QED) is 0.0680. The van der Waals surface area contributed by atoms with E-state index in [4.69, 9.17) is 14.6 Å². The molecule has 0 aromatic heterocycles. The first-order valence-corrected chi connectivity index (χ1v) is 15.7. The minimum atomic E-state index is -3.90. The summed E-state index contributed by atoms with van der Waals surface area (Å²) in [6.07, 6.45) is 0.626. The molecule has 0 radical (unpaired) electrons. The average Bonchev–Trinajstić information content (AvgIpc) is 3.14. The van der Waals surface area contributed by atoms with Crippen molar-refractivity contribution in [2.24, 2.45) is 5.11 Å². The van der Waals surface area contributed by atoms with Crippen LogP contribution >= 0.6 is 7.60 Å². The number of benzene rings is 2. The van der Waals surface area contributed by atoms with E-state index in [9.17, 15) is 22.6 Å². The Hall–Kier alpha value is -3.05. The van der Waals surface area contributed by atoms with Crippen LogP contribution in [0, 0.1) is 6.92 Å². The Balaban J connectivity index is 1.65. The van der Waals surface area contributed by atoms with Crippen molar-refractivity contribution < 1.29 is 31.6 Å². The number of hydrogen-bond donors (Lipinski definition) is 0. The van der Waals surface area contributed by atoms with Crippen LogP contribution < -0.4 is 0 Å². The summed E-state index contributed by atoms with van der Waals surface area (Å²) in [5.41, 5.74) is 9.83. The van der Waals surface area contributed by atoms with Gasteiger partial charge in [0.1, 0.15) is 6.29 Å².